The minimum absolute atomic E-state index is 0.00348. The first-order valence-corrected chi connectivity index (χ1v) is 11.5. The molecule has 0 amide bonds. The summed E-state index contributed by atoms with van der Waals surface area (Å²) >= 11 is 9.07. The molecule has 0 atom stereocenters. The third-order valence-electron chi connectivity index (χ3n) is 4.72. The van der Waals surface area contributed by atoms with Gasteiger partial charge in [-0.1, -0.05) is 29.9 Å². The molecular formula is C21H21ClN2O2S2. The Bertz CT molecular complexity index is 1090. The normalized spacial score (nSPS) is 13.5. The number of fused-ring (bicyclic) bond motifs is 3. The van der Waals surface area contributed by atoms with Crippen molar-refractivity contribution in [1.29, 1.82) is 0 Å². The number of rotatable bonds is 6. The van der Waals surface area contributed by atoms with Gasteiger partial charge in [0.1, 0.15) is 10.6 Å². The minimum Gasteiger partial charge on any atom is -0.494 e. The summed E-state index contributed by atoms with van der Waals surface area (Å²) in [6.07, 6.45) is 4.31. The molecule has 2 aromatic heterocycles. The van der Waals surface area contributed by atoms with Crippen LogP contribution in [0, 0.1) is 0 Å². The molecule has 1 aliphatic rings. The number of aromatic nitrogens is 2. The largest absolute Gasteiger partial charge is 0.494 e. The van der Waals surface area contributed by atoms with E-state index in [2.05, 4.69) is 6.58 Å². The Balaban J connectivity index is 1.90. The van der Waals surface area contributed by atoms with Gasteiger partial charge in [-0.2, -0.15) is 0 Å². The molecule has 0 N–H and O–H groups in total. The molecule has 1 aliphatic carbocycles. The molecule has 0 aliphatic heterocycles. The molecule has 3 aromatic rings. The van der Waals surface area contributed by atoms with Crippen LogP contribution in [0.3, 0.4) is 0 Å². The van der Waals surface area contributed by atoms with Crippen molar-refractivity contribution in [2.24, 2.45) is 0 Å². The summed E-state index contributed by atoms with van der Waals surface area (Å²) in [7, 11) is 0. The lowest BCUT2D eigenvalue weighted by Gasteiger charge is -2.14. The Morgan fingerprint density at radius 3 is 2.79 bits per heavy atom. The zero-order valence-electron chi connectivity index (χ0n) is 15.7. The summed E-state index contributed by atoms with van der Waals surface area (Å²) in [4.78, 5) is 20.6. The van der Waals surface area contributed by atoms with Crippen molar-refractivity contribution < 1.29 is 4.74 Å². The number of hydrogen-bond acceptors (Lipinski definition) is 5. The predicted octanol–water partition coefficient (Wildman–Crippen LogP) is 5.57. The highest BCUT2D eigenvalue weighted by atomic mass is 35.5. The molecule has 1 aromatic carbocycles. The Kier molecular flexibility index (Phi) is 5.80. The van der Waals surface area contributed by atoms with Crippen LogP contribution in [0.15, 0.2) is 45.8 Å². The first-order chi connectivity index (χ1) is 13.6. The molecule has 4 nitrogen and oxygen atoms in total. The highest BCUT2D eigenvalue weighted by Gasteiger charge is 2.23. The second-order valence-corrected chi connectivity index (χ2v) is 9.22. The molecular weight excluding hydrogens is 412 g/mol. The number of ether oxygens (including phenoxy) is 1. The molecule has 0 fully saturated rings. The maximum Gasteiger partial charge on any atom is 0.267 e. The van der Waals surface area contributed by atoms with Crippen LogP contribution in [-0.4, -0.2) is 21.9 Å². The molecule has 0 bridgehead atoms. The van der Waals surface area contributed by atoms with Crippen molar-refractivity contribution in [1.82, 2.24) is 9.55 Å². The lowest BCUT2D eigenvalue weighted by Crippen LogP contribution is -2.22. The van der Waals surface area contributed by atoms with Crippen LogP contribution in [0.1, 0.15) is 30.2 Å². The molecule has 28 heavy (non-hydrogen) atoms. The Labute approximate surface area is 177 Å². The van der Waals surface area contributed by atoms with Gasteiger partial charge in [0.25, 0.3) is 5.56 Å². The van der Waals surface area contributed by atoms with Crippen LogP contribution in [0.25, 0.3) is 15.9 Å². The third-order valence-corrected chi connectivity index (χ3v) is 7.22. The molecule has 0 radical (unpaired) electrons. The lowest BCUT2D eigenvalue weighted by atomic mass is 9.97. The van der Waals surface area contributed by atoms with E-state index < -0.39 is 0 Å². The van der Waals surface area contributed by atoms with Gasteiger partial charge in [-0.3, -0.25) is 9.36 Å². The van der Waals surface area contributed by atoms with Crippen molar-refractivity contribution >= 4 is 44.9 Å². The average Bonchev–Trinajstić information content (AvgIpc) is 3.06. The van der Waals surface area contributed by atoms with Gasteiger partial charge in [-0.05, 0) is 62.4 Å². The molecule has 0 spiro atoms. The van der Waals surface area contributed by atoms with Crippen molar-refractivity contribution in [3.05, 3.63) is 56.7 Å². The number of aryl methyl sites for hydroxylation is 2. The fourth-order valence-corrected chi connectivity index (χ4v) is 5.74. The topological polar surface area (TPSA) is 44.1 Å². The molecule has 146 valence electrons. The number of benzene rings is 1. The Hall–Kier alpha value is -1.76. The standard InChI is InChI=1S/C21H21ClN2O2S2/c1-3-26-15-10-8-14(9-11-15)24-20(25)18-16-6-4-5-7-17(16)28-19(18)23-21(24)27-12-13(2)22/h8-11H,2-7,12H2,1H3. The van der Waals surface area contributed by atoms with Crippen LogP contribution in [0.4, 0.5) is 0 Å². The Morgan fingerprint density at radius 2 is 2.07 bits per heavy atom. The van der Waals surface area contributed by atoms with Gasteiger partial charge in [0, 0.05) is 15.7 Å². The predicted molar refractivity (Wildman–Crippen MR) is 119 cm³/mol. The Morgan fingerprint density at radius 1 is 1.32 bits per heavy atom. The van der Waals surface area contributed by atoms with Crippen LogP contribution in [0.2, 0.25) is 0 Å². The smallest absolute Gasteiger partial charge is 0.267 e. The fourth-order valence-electron chi connectivity index (χ4n) is 3.51. The maximum absolute atomic E-state index is 13.6. The van der Waals surface area contributed by atoms with Crippen molar-refractivity contribution in [3.63, 3.8) is 0 Å². The van der Waals surface area contributed by atoms with E-state index in [-0.39, 0.29) is 5.56 Å². The molecule has 0 unspecified atom stereocenters. The average molecular weight is 433 g/mol. The summed E-state index contributed by atoms with van der Waals surface area (Å²) in [6.45, 7) is 6.31. The number of thiophene rings is 1. The SMILES string of the molecule is C=C(Cl)CSc1nc2sc3c(c2c(=O)n1-c1ccc(OCC)cc1)CCCC3. The molecule has 0 saturated heterocycles. The van der Waals surface area contributed by atoms with Crippen LogP contribution in [0.5, 0.6) is 5.75 Å². The van der Waals surface area contributed by atoms with Crippen molar-refractivity contribution in [3.8, 4) is 11.4 Å². The maximum atomic E-state index is 13.6. The molecule has 2 heterocycles. The second-order valence-electron chi connectivity index (χ2n) is 6.66. The fraction of sp³-hybridized carbons (Fsp3) is 0.333. The highest BCUT2D eigenvalue weighted by Crippen LogP contribution is 2.35. The summed E-state index contributed by atoms with van der Waals surface area (Å²) in [5, 5.41) is 1.95. The molecule has 7 heteroatoms. The zero-order chi connectivity index (χ0) is 19.7. The monoisotopic (exact) mass is 432 g/mol. The van der Waals surface area contributed by atoms with Crippen LogP contribution in [-0.2, 0) is 12.8 Å². The van der Waals surface area contributed by atoms with Gasteiger partial charge in [0.15, 0.2) is 5.16 Å². The van der Waals surface area contributed by atoms with E-state index >= 15 is 0 Å². The van der Waals surface area contributed by atoms with E-state index in [1.165, 1.54) is 28.6 Å². The second kappa shape index (κ2) is 8.31. The van der Waals surface area contributed by atoms with Gasteiger partial charge in [-0.25, -0.2) is 4.98 Å². The number of hydrogen-bond donors (Lipinski definition) is 0. The molecule has 0 saturated carbocycles. The highest BCUT2D eigenvalue weighted by molar-refractivity contribution is 7.99. The van der Waals surface area contributed by atoms with Gasteiger partial charge < -0.3 is 4.74 Å². The van der Waals surface area contributed by atoms with Crippen LogP contribution < -0.4 is 10.3 Å². The van der Waals surface area contributed by atoms with Crippen molar-refractivity contribution in [2.45, 2.75) is 37.8 Å². The van der Waals surface area contributed by atoms with E-state index in [1.807, 2.05) is 31.2 Å². The number of thioether (sulfide) groups is 1. The van der Waals surface area contributed by atoms with Gasteiger partial charge >= 0.3 is 0 Å². The van der Waals surface area contributed by atoms with Gasteiger partial charge in [0.2, 0.25) is 0 Å². The minimum atomic E-state index is -0.00348. The zero-order valence-corrected chi connectivity index (χ0v) is 18.1. The first-order valence-electron chi connectivity index (χ1n) is 9.35. The van der Waals surface area contributed by atoms with E-state index in [4.69, 9.17) is 21.3 Å². The lowest BCUT2D eigenvalue weighted by molar-refractivity contribution is 0.340. The van der Waals surface area contributed by atoms with E-state index in [0.29, 0.717) is 22.5 Å². The summed E-state index contributed by atoms with van der Waals surface area (Å²) < 4.78 is 7.23. The number of halogens is 1. The summed E-state index contributed by atoms with van der Waals surface area (Å²) in [6, 6.07) is 7.57. The van der Waals surface area contributed by atoms with E-state index in [9.17, 15) is 4.79 Å². The van der Waals surface area contributed by atoms with Gasteiger partial charge in [-0.15, -0.1) is 11.3 Å². The van der Waals surface area contributed by atoms with E-state index in [0.717, 1.165) is 40.9 Å². The van der Waals surface area contributed by atoms with Crippen LogP contribution >= 0.6 is 34.7 Å². The molecule has 4 rings (SSSR count). The quantitative estimate of drug-likeness (QED) is 0.377. The van der Waals surface area contributed by atoms with Crippen molar-refractivity contribution in [2.75, 3.05) is 12.4 Å². The first kappa shape index (κ1) is 19.6. The number of nitrogens with zero attached hydrogens (tertiary/aromatic N) is 2. The van der Waals surface area contributed by atoms with Gasteiger partial charge in [0.05, 0.1) is 17.7 Å². The van der Waals surface area contributed by atoms with E-state index in [1.54, 1.807) is 15.9 Å². The summed E-state index contributed by atoms with van der Waals surface area (Å²) in [5.74, 6) is 1.28. The summed E-state index contributed by atoms with van der Waals surface area (Å²) in [5.41, 5.74) is 1.97. The third kappa shape index (κ3) is 3.73.